The molecule has 1 atom stereocenters. The first-order valence-corrected chi connectivity index (χ1v) is 7.57. The minimum atomic E-state index is -0.135. The second-order valence-corrected chi connectivity index (χ2v) is 5.60. The van der Waals surface area contributed by atoms with Crippen LogP contribution in [0.3, 0.4) is 0 Å². The SMILES string of the molecule is COc1cc2c(cc1[C@H]1CC(=O)Nc3[nH]ncc31)OCCCO2. The lowest BCUT2D eigenvalue weighted by Gasteiger charge is -2.24. The molecule has 2 aliphatic heterocycles. The number of benzene rings is 1. The van der Waals surface area contributed by atoms with Crippen molar-refractivity contribution in [2.24, 2.45) is 0 Å². The predicted octanol–water partition coefficient (Wildman–Crippen LogP) is 2.05. The maximum atomic E-state index is 12.0. The number of carbonyl (C=O) groups is 1. The number of anilines is 1. The van der Waals surface area contributed by atoms with Gasteiger partial charge in [-0.25, -0.2) is 0 Å². The highest BCUT2D eigenvalue weighted by atomic mass is 16.5. The minimum Gasteiger partial charge on any atom is -0.496 e. The van der Waals surface area contributed by atoms with Crippen LogP contribution in [0, 0.1) is 0 Å². The maximum Gasteiger partial charge on any atom is 0.226 e. The molecular formula is C16H17N3O4. The van der Waals surface area contributed by atoms with Crippen LogP contribution in [0.2, 0.25) is 0 Å². The van der Waals surface area contributed by atoms with E-state index in [9.17, 15) is 4.79 Å². The fourth-order valence-electron chi connectivity index (χ4n) is 3.08. The zero-order chi connectivity index (χ0) is 15.8. The first-order valence-electron chi connectivity index (χ1n) is 7.57. The number of carbonyl (C=O) groups excluding carboxylic acids is 1. The second kappa shape index (κ2) is 5.49. The smallest absolute Gasteiger partial charge is 0.226 e. The molecule has 0 aliphatic carbocycles. The van der Waals surface area contributed by atoms with Gasteiger partial charge in [-0.05, 0) is 6.07 Å². The Morgan fingerprint density at radius 3 is 2.78 bits per heavy atom. The molecule has 0 unspecified atom stereocenters. The third-order valence-electron chi connectivity index (χ3n) is 4.17. The van der Waals surface area contributed by atoms with Crippen LogP contribution in [0.4, 0.5) is 5.82 Å². The van der Waals surface area contributed by atoms with Gasteiger partial charge in [0.1, 0.15) is 11.6 Å². The molecule has 2 aliphatic rings. The highest BCUT2D eigenvalue weighted by Gasteiger charge is 2.31. The fraction of sp³-hybridized carbons (Fsp3) is 0.375. The van der Waals surface area contributed by atoms with Gasteiger partial charge in [0.15, 0.2) is 11.5 Å². The van der Waals surface area contributed by atoms with Crippen LogP contribution in [-0.4, -0.2) is 36.4 Å². The molecule has 23 heavy (non-hydrogen) atoms. The molecule has 7 nitrogen and oxygen atoms in total. The Labute approximate surface area is 132 Å². The van der Waals surface area contributed by atoms with E-state index in [0.717, 1.165) is 17.5 Å². The lowest BCUT2D eigenvalue weighted by Crippen LogP contribution is -2.23. The van der Waals surface area contributed by atoms with E-state index in [2.05, 4.69) is 15.5 Å². The number of hydrogen-bond acceptors (Lipinski definition) is 5. The number of aromatic nitrogens is 2. The number of methoxy groups -OCH3 is 1. The molecule has 0 saturated heterocycles. The largest absolute Gasteiger partial charge is 0.496 e. The van der Waals surface area contributed by atoms with Gasteiger partial charge < -0.3 is 19.5 Å². The summed E-state index contributed by atoms with van der Waals surface area (Å²) in [4.78, 5) is 12.0. The van der Waals surface area contributed by atoms with Crippen LogP contribution in [0.5, 0.6) is 17.2 Å². The number of aromatic amines is 1. The van der Waals surface area contributed by atoms with Crippen molar-refractivity contribution in [3.05, 3.63) is 29.5 Å². The lowest BCUT2D eigenvalue weighted by molar-refractivity contribution is -0.116. The number of nitrogens with one attached hydrogen (secondary N) is 2. The van der Waals surface area contributed by atoms with E-state index in [-0.39, 0.29) is 11.8 Å². The number of ether oxygens (including phenoxy) is 3. The average molecular weight is 315 g/mol. The van der Waals surface area contributed by atoms with Crippen LogP contribution in [-0.2, 0) is 4.79 Å². The molecule has 2 aromatic rings. The second-order valence-electron chi connectivity index (χ2n) is 5.60. The van der Waals surface area contributed by atoms with E-state index in [1.807, 2.05) is 12.1 Å². The zero-order valence-electron chi connectivity index (χ0n) is 12.7. The van der Waals surface area contributed by atoms with Gasteiger partial charge in [0, 0.05) is 36.0 Å². The van der Waals surface area contributed by atoms with Crippen molar-refractivity contribution in [3.8, 4) is 17.2 Å². The third-order valence-corrected chi connectivity index (χ3v) is 4.17. The van der Waals surface area contributed by atoms with Crippen LogP contribution >= 0.6 is 0 Å². The molecule has 7 heteroatoms. The van der Waals surface area contributed by atoms with Gasteiger partial charge in [0.05, 0.1) is 26.5 Å². The van der Waals surface area contributed by atoms with Crippen molar-refractivity contribution in [1.82, 2.24) is 10.2 Å². The monoisotopic (exact) mass is 315 g/mol. The van der Waals surface area contributed by atoms with Crippen LogP contribution in [0.1, 0.15) is 29.9 Å². The summed E-state index contributed by atoms with van der Waals surface area (Å²) in [5.74, 6) is 2.50. The topological polar surface area (TPSA) is 85.5 Å². The molecule has 1 amide bonds. The average Bonchev–Trinajstić information content (AvgIpc) is 2.90. The van der Waals surface area contributed by atoms with Crippen molar-refractivity contribution in [2.45, 2.75) is 18.8 Å². The van der Waals surface area contributed by atoms with Gasteiger partial charge in [0.2, 0.25) is 5.91 Å². The first-order chi connectivity index (χ1) is 11.3. The standard InChI is InChI=1S/C16H17N3O4/c1-21-12-7-14-13(22-3-2-4-23-14)5-10(12)9-6-15(20)18-16-11(9)8-17-19-16/h5,7-9H,2-4,6H2,1H3,(H2,17,18,19,20)/t9-/m1/s1. The first kappa shape index (κ1) is 13.9. The van der Waals surface area contributed by atoms with Crippen molar-refractivity contribution in [3.63, 3.8) is 0 Å². The molecule has 0 fully saturated rings. The summed E-state index contributed by atoms with van der Waals surface area (Å²) in [6.07, 6.45) is 2.91. The quantitative estimate of drug-likeness (QED) is 0.886. The maximum absolute atomic E-state index is 12.0. The highest BCUT2D eigenvalue weighted by Crippen LogP contribution is 2.44. The molecule has 0 saturated carbocycles. The lowest BCUT2D eigenvalue weighted by atomic mass is 9.86. The fourth-order valence-corrected chi connectivity index (χ4v) is 3.08. The van der Waals surface area contributed by atoms with Crippen molar-refractivity contribution < 1.29 is 19.0 Å². The normalized spacial score (nSPS) is 19.5. The summed E-state index contributed by atoms with van der Waals surface area (Å²) in [5, 5.41) is 9.65. The van der Waals surface area contributed by atoms with Gasteiger partial charge in [-0.3, -0.25) is 9.89 Å². The number of fused-ring (bicyclic) bond motifs is 2. The Balaban J connectivity index is 1.83. The Bertz CT molecular complexity index is 756. The number of hydrogen-bond donors (Lipinski definition) is 2. The summed E-state index contributed by atoms with van der Waals surface area (Å²) in [5.41, 5.74) is 1.84. The number of nitrogens with zero attached hydrogens (tertiary/aromatic N) is 1. The molecule has 0 radical (unpaired) electrons. The molecule has 120 valence electrons. The van der Waals surface area contributed by atoms with E-state index in [4.69, 9.17) is 14.2 Å². The van der Waals surface area contributed by atoms with Crippen LogP contribution < -0.4 is 19.5 Å². The Kier molecular flexibility index (Phi) is 3.33. The van der Waals surface area contributed by atoms with E-state index < -0.39 is 0 Å². The summed E-state index contributed by atoms with van der Waals surface area (Å²) in [7, 11) is 1.61. The van der Waals surface area contributed by atoms with E-state index >= 15 is 0 Å². The van der Waals surface area contributed by atoms with Gasteiger partial charge in [-0.15, -0.1) is 0 Å². The number of amides is 1. The summed E-state index contributed by atoms with van der Waals surface area (Å²) in [6.45, 7) is 1.23. The van der Waals surface area contributed by atoms with Gasteiger partial charge >= 0.3 is 0 Å². The van der Waals surface area contributed by atoms with Crippen LogP contribution in [0.15, 0.2) is 18.3 Å². The zero-order valence-corrected chi connectivity index (χ0v) is 12.7. The minimum absolute atomic E-state index is 0.0547. The van der Waals surface area contributed by atoms with Crippen molar-refractivity contribution >= 4 is 11.7 Å². The third kappa shape index (κ3) is 2.38. The van der Waals surface area contributed by atoms with E-state index in [1.54, 1.807) is 13.3 Å². The van der Waals surface area contributed by atoms with Crippen LogP contribution in [0.25, 0.3) is 0 Å². The molecule has 0 spiro atoms. The van der Waals surface area contributed by atoms with E-state index in [1.165, 1.54) is 0 Å². The van der Waals surface area contributed by atoms with Gasteiger partial charge in [0.25, 0.3) is 0 Å². The molecular weight excluding hydrogens is 298 g/mol. The molecule has 2 N–H and O–H groups in total. The Morgan fingerprint density at radius 2 is 2.00 bits per heavy atom. The van der Waals surface area contributed by atoms with Gasteiger partial charge in [-0.2, -0.15) is 5.10 Å². The summed E-state index contributed by atoms with van der Waals surface area (Å²) < 4.78 is 17.0. The molecule has 4 rings (SSSR count). The summed E-state index contributed by atoms with van der Waals surface area (Å²) in [6, 6.07) is 3.75. The number of rotatable bonds is 2. The molecule has 3 heterocycles. The highest BCUT2D eigenvalue weighted by molar-refractivity contribution is 5.94. The molecule has 0 bridgehead atoms. The Hall–Kier alpha value is -2.70. The Morgan fingerprint density at radius 1 is 1.22 bits per heavy atom. The molecule has 1 aromatic carbocycles. The molecule has 1 aromatic heterocycles. The van der Waals surface area contributed by atoms with Crippen molar-refractivity contribution in [1.29, 1.82) is 0 Å². The number of H-pyrrole nitrogens is 1. The van der Waals surface area contributed by atoms with E-state index in [0.29, 0.717) is 42.7 Å². The predicted molar refractivity (Wildman–Crippen MR) is 82.3 cm³/mol. The van der Waals surface area contributed by atoms with Crippen molar-refractivity contribution in [2.75, 3.05) is 25.6 Å². The van der Waals surface area contributed by atoms with Gasteiger partial charge in [-0.1, -0.05) is 0 Å². The summed E-state index contributed by atoms with van der Waals surface area (Å²) >= 11 is 0.